The van der Waals surface area contributed by atoms with Gasteiger partial charge in [0, 0.05) is 23.7 Å². The second-order valence-electron chi connectivity index (χ2n) is 5.68. The Balaban J connectivity index is 1.81. The summed E-state index contributed by atoms with van der Waals surface area (Å²) in [5.74, 6) is 1.39. The Kier molecular flexibility index (Phi) is 3.79. The van der Waals surface area contributed by atoms with Gasteiger partial charge in [0.25, 0.3) is 0 Å². The first-order chi connectivity index (χ1) is 9.76. The Hall–Kier alpha value is -1.74. The molecule has 1 aromatic carbocycles. The van der Waals surface area contributed by atoms with E-state index in [4.69, 9.17) is 10.7 Å². The Bertz CT molecular complexity index is 571. The normalized spacial score (nSPS) is 21.5. The van der Waals surface area contributed by atoms with E-state index in [0.717, 1.165) is 36.3 Å². The molecule has 2 N–H and O–H groups in total. The molecule has 0 radical (unpaired) electrons. The molecule has 0 amide bonds. The first-order valence-corrected chi connectivity index (χ1v) is 7.44. The Morgan fingerprint density at radius 3 is 2.55 bits per heavy atom. The van der Waals surface area contributed by atoms with Gasteiger partial charge >= 0.3 is 0 Å². The van der Waals surface area contributed by atoms with Gasteiger partial charge in [0.2, 0.25) is 0 Å². The second kappa shape index (κ2) is 5.71. The maximum atomic E-state index is 5.84. The van der Waals surface area contributed by atoms with Crippen LogP contribution in [0.3, 0.4) is 0 Å². The minimum absolute atomic E-state index is 0.334. The average molecular weight is 267 g/mol. The van der Waals surface area contributed by atoms with Crippen LogP contribution in [0.1, 0.15) is 43.5 Å². The lowest BCUT2D eigenvalue weighted by Gasteiger charge is -2.31. The van der Waals surface area contributed by atoms with Crippen LogP contribution in [0.5, 0.6) is 0 Å². The highest BCUT2D eigenvalue weighted by molar-refractivity contribution is 5.59. The van der Waals surface area contributed by atoms with Crippen LogP contribution >= 0.6 is 0 Å². The van der Waals surface area contributed by atoms with Crippen LogP contribution in [-0.2, 0) is 6.42 Å². The molecule has 1 aliphatic carbocycles. The summed E-state index contributed by atoms with van der Waals surface area (Å²) in [6, 6.07) is 11.0. The molecule has 3 heteroatoms. The summed E-state index contributed by atoms with van der Waals surface area (Å²) < 4.78 is 0. The number of hydrogen-bond acceptors (Lipinski definition) is 3. The van der Waals surface area contributed by atoms with Crippen molar-refractivity contribution < 1.29 is 0 Å². The molecule has 0 spiro atoms. The highest BCUT2D eigenvalue weighted by atomic mass is 14.9. The molecule has 1 aliphatic rings. The van der Waals surface area contributed by atoms with E-state index < -0.39 is 0 Å². The average Bonchev–Trinajstić information content (AvgIpc) is 2.45. The van der Waals surface area contributed by atoms with Crippen LogP contribution in [-0.4, -0.2) is 16.0 Å². The van der Waals surface area contributed by atoms with Gasteiger partial charge in [0.1, 0.15) is 5.82 Å². The lowest BCUT2D eigenvalue weighted by Crippen LogP contribution is -2.35. The van der Waals surface area contributed by atoms with Crippen LogP contribution < -0.4 is 5.73 Å². The summed E-state index contributed by atoms with van der Waals surface area (Å²) in [6.07, 6.45) is 6.20. The number of nitrogens with two attached hydrogens (primary N) is 1. The summed E-state index contributed by atoms with van der Waals surface area (Å²) in [7, 11) is 0. The van der Waals surface area contributed by atoms with Crippen molar-refractivity contribution in [1.29, 1.82) is 0 Å². The van der Waals surface area contributed by atoms with Gasteiger partial charge in [-0.05, 0) is 30.9 Å². The third-order valence-corrected chi connectivity index (χ3v) is 4.00. The van der Waals surface area contributed by atoms with Crippen molar-refractivity contribution in [2.24, 2.45) is 5.73 Å². The molecule has 0 bridgehead atoms. The third kappa shape index (κ3) is 2.73. The zero-order chi connectivity index (χ0) is 13.9. The fraction of sp³-hybridized carbons (Fsp3) is 0.412. The van der Waals surface area contributed by atoms with Gasteiger partial charge in [-0.25, -0.2) is 9.97 Å². The van der Waals surface area contributed by atoms with Crippen molar-refractivity contribution in [3.05, 3.63) is 47.9 Å². The van der Waals surface area contributed by atoms with Crippen molar-refractivity contribution in [2.75, 3.05) is 0 Å². The summed E-state index contributed by atoms with van der Waals surface area (Å²) in [5.41, 5.74) is 9.41. The molecular formula is C17H21N3. The minimum Gasteiger partial charge on any atom is -0.328 e. The van der Waals surface area contributed by atoms with Crippen LogP contribution in [0.25, 0.3) is 11.3 Å². The monoisotopic (exact) mass is 267 g/mol. The van der Waals surface area contributed by atoms with Crippen molar-refractivity contribution in [1.82, 2.24) is 9.97 Å². The topological polar surface area (TPSA) is 51.8 Å². The summed E-state index contributed by atoms with van der Waals surface area (Å²) in [6.45, 7) is 2.20. The number of hydrogen-bond donors (Lipinski definition) is 1. The van der Waals surface area contributed by atoms with Crippen molar-refractivity contribution in [2.45, 2.75) is 44.6 Å². The molecule has 3 nitrogen and oxygen atoms in total. The zero-order valence-corrected chi connectivity index (χ0v) is 11.9. The van der Waals surface area contributed by atoms with E-state index in [0.29, 0.717) is 12.0 Å². The van der Waals surface area contributed by atoms with Gasteiger partial charge in [-0.3, -0.25) is 0 Å². The molecule has 3 rings (SSSR count). The summed E-state index contributed by atoms with van der Waals surface area (Å²) in [4.78, 5) is 9.11. The predicted molar refractivity (Wildman–Crippen MR) is 81.4 cm³/mol. The van der Waals surface area contributed by atoms with Gasteiger partial charge in [-0.2, -0.15) is 0 Å². The molecule has 2 aromatic rings. The molecule has 0 saturated heterocycles. The lowest BCUT2D eigenvalue weighted by atomic mass is 9.80. The van der Waals surface area contributed by atoms with Gasteiger partial charge < -0.3 is 5.73 Å². The van der Waals surface area contributed by atoms with Gasteiger partial charge in [-0.1, -0.05) is 37.6 Å². The molecule has 0 unspecified atom stereocenters. The van der Waals surface area contributed by atoms with Crippen LogP contribution in [0.4, 0.5) is 0 Å². The smallest absolute Gasteiger partial charge is 0.132 e. The highest BCUT2D eigenvalue weighted by Gasteiger charge is 2.29. The van der Waals surface area contributed by atoms with E-state index in [1.165, 1.54) is 12.0 Å². The molecular weight excluding hydrogens is 246 g/mol. The van der Waals surface area contributed by atoms with Crippen LogP contribution in [0.2, 0.25) is 0 Å². The number of aromatic nitrogens is 2. The lowest BCUT2D eigenvalue weighted by molar-refractivity contribution is 0.338. The van der Waals surface area contributed by atoms with E-state index in [1.54, 1.807) is 0 Å². The number of rotatable bonds is 4. The van der Waals surface area contributed by atoms with E-state index >= 15 is 0 Å². The van der Waals surface area contributed by atoms with Gasteiger partial charge in [0.15, 0.2) is 0 Å². The van der Waals surface area contributed by atoms with Crippen LogP contribution in [0, 0.1) is 0 Å². The molecule has 104 valence electrons. The predicted octanol–water partition coefficient (Wildman–Crippen LogP) is 3.30. The van der Waals surface area contributed by atoms with Crippen molar-refractivity contribution in [3.63, 3.8) is 0 Å². The largest absolute Gasteiger partial charge is 0.328 e. The molecule has 1 fully saturated rings. The van der Waals surface area contributed by atoms with Crippen molar-refractivity contribution in [3.8, 4) is 11.3 Å². The standard InChI is InChI=1S/C17H21N3/c1-2-3-12-4-6-13(7-5-12)16-8-9-19-17(20-16)14-10-15(18)11-14/h4-9,14-15H,2-3,10-11,18H2,1H3. The van der Waals surface area contributed by atoms with Crippen molar-refractivity contribution >= 4 is 0 Å². The fourth-order valence-electron chi connectivity index (χ4n) is 2.73. The van der Waals surface area contributed by atoms with E-state index in [2.05, 4.69) is 36.2 Å². The minimum atomic E-state index is 0.334. The second-order valence-corrected chi connectivity index (χ2v) is 5.68. The molecule has 1 heterocycles. The number of benzene rings is 1. The fourth-order valence-corrected chi connectivity index (χ4v) is 2.73. The molecule has 1 saturated carbocycles. The van der Waals surface area contributed by atoms with E-state index in [9.17, 15) is 0 Å². The zero-order valence-electron chi connectivity index (χ0n) is 11.9. The summed E-state index contributed by atoms with van der Waals surface area (Å²) in [5, 5.41) is 0. The number of aryl methyl sites for hydroxylation is 1. The maximum Gasteiger partial charge on any atom is 0.132 e. The Morgan fingerprint density at radius 2 is 1.90 bits per heavy atom. The third-order valence-electron chi connectivity index (χ3n) is 4.00. The SMILES string of the molecule is CCCc1ccc(-c2ccnc(C3CC(N)C3)n2)cc1. The van der Waals surface area contributed by atoms with E-state index in [1.807, 2.05) is 12.3 Å². The molecule has 20 heavy (non-hydrogen) atoms. The van der Waals surface area contributed by atoms with Gasteiger partial charge in [-0.15, -0.1) is 0 Å². The highest BCUT2D eigenvalue weighted by Crippen LogP contribution is 2.34. The molecule has 0 aliphatic heterocycles. The molecule has 0 atom stereocenters. The van der Waals surface area contributed by atoms with Gasteiger partial charge in [0.05, 0.1) is 5.69 Å². The summed E-state index contributed by atoms with van der Waals surface area (Å²) >= 11 is 0. The van der Waals surface area contributed by atoms with E-state index in [-0.39, 0.29) is 0 Å². The quantitative estimate of drug-likeness (QED) is 0.924. The van der Waals surface area contributed by atoms with Crippen LogP contribution in [0.15, 0.2) is 36.5 Å². The Labute approximate surface area is 120 Å². The molecule has 1 aromatic heterocycles. The number of nitrogens with zero attached hydrogens (tertiary/aromatic N) is 2. The Morgan fingerprint density at radius 1 is 1.15 bits per heavy atom. The first kappa shape index (κ1) is 13.3. The first-order valence-electron chi connectivity index (χ1n) is 7.44. The maximum absolute atomic E-state index is 5.84.